The predicted octanol–water partition coefficient (Wildman–Crippen LogP) is 4.03. The van der Waals surface area contributed by atoms with Crippen LogP contribution in [-0.2, 0) is 14.8 Å². The number of benzene rings is 2. The van der Waals surface area contributed by atoms with Gasteiger partial charge in [0.05, 0.1) is 43.8 Å². The number of nitrogens with one attached hydrogen (secondary N) is 2. The van der Waals surface area contributed by atoms with E-state index in [0.717, 1.165) is 19.1 Å². The van der Waals surface area contributed by atoms with Gasteiger partial charge >= 0.3 is 6.03 Å². The van der Waals surface area contributed by atoms with Gasteiger partial charge < -0.3 is 34.4 Å². The van der Waals surface area contributed by atoms with Crippen LogP contribution in [0.3, 0.4) is 0 Å². The first-order chi connectivity index (χ1) is 20.8. The third kappa shape index (κ3) is 10.3. The molecular weight excluding hydrogens is 588 g/mol. The standard InChI is InChI=1S/C31H46N4O8S/c1-21-18-35(22(2)20-36)30(37)27-17-25(33-44(6,39)40)12-15-28(27)43-23(3)9-7-8-16-42-29(21)19-34(4)31(38)32-24-10-13-26(41-5)14-11-24/h10-15,17,21-23,29,33,36H,7-9,16,18-20H2,1-6H3,(H,32,38)/t21-,22-,23-,29+/m0/s1. The van der Waals surface area contributed by atoms with Crippen molar-refractivity contribution >= 4 is 33.3 Å². The highest BCUT2D eigenvalue weighted by Crippen LogP contribution is 2.29. The van der Waals surface area contributed by atoms with Crippen molar-refractivity contribution in [2.24, 2.45) is 5.92 Å². The maximum atomic E-state index is 14.1. The zero-order valence-corrected chi connectivity index (χ0v) is 27.2. The molecule has 0 unspecified atom stereocenters. The number of methoxy groups -OCH3 is 1. The smallest absolute Gasteiger partial charge is 0.321 e. The van der Waals surface area contributed by atoms with Crippen molar-refractivity contribution in [3.05, 3.63) is 48.0 Å². The van der Waals surface area contributed by atoms with Crippen LogP contribution in [0.15, 0.2) is 42.5 Å². The number of carbonyl (C=O) groups is 2. The molecule has 0 fully saturated rings. The summed E-state index contributed by atoms with van der Waals surface area (Å²) in [5.74, 6) is 0.358. The van der Waals surface area contributed by atoms with Crippen molar-refractivity contribution in [3.8, 4) is 11.5 Å². The Kier molecular flexibility index (Phi) is 12.7. The molecule has 0 aromatic heterocycles. The lowest BCUT2D eigenvalue weighted by Crippen LogP contribution is -2.48. The number of fused-ring (bicyclic) bond motifs is 1. The van der Waals surface area contributed by atoms with Crippen molar-refractivity contribution < 1.29 is 37.3 Å². The largest absolute Gasteiger partial charge is 0.497 e. The van der Waals surface area contributed by atoms with E-state index in [4.69, 9.17) is 14.2 Å². The highest BCUT2D eigenvalue weighted by molar-refractivity contribution is 7.92. The molecule has 44 heavy (non-hydrogen) atoms. The number of hydrogen-bond donors (Lipinski definition) is 3. The second-order valence-corrected chi connectivity index (χ2v) is 13.2. The van der Waals surface area contributed by atoms with E-state index in [-0.39, 0.29) is 49.0 Å². The van der Waals surface area contributed by atoms with E-state index < -0.39 is 28.1 Å². The summed E-state index contributed by atoms with van der Waals surface area (Å²) in [5.41, 5.74) is 1.03. The van der Waals surface area contributed by atoms with Gasteiger partial charge in [0, 0.05) is 44.0 Å². The number of hydrogen-bond acceptors (Lipinski definition) is 8. The molecule has 0 saturated heterocycles. The topological polar surface area (TPSA) is 147 Å². The Morgan fingerprint density at radius 2 is 1.84 bits per heavy atom. The lowest BCUT2D eigenvalue weighted by atomic mass is 10.0. The Labute approximate surface area is 260 Å². The van der Waals surface area contributed by atoms with Crippen molar-refractivity contribution in [1.29, 1.82) is 0 Å². The molecule has 0 saturated carbocycles. The van der Waals surface area contributed by atoms with Gasteiger partial charge in [0.15, 0.2) is 0 Å². The summed E-state index contributed by atoms with van der Waals surface area (Å²) in [7, 11) is -0.328. The number of sulfonamides is 1. The van der Waals surface area contributed by atoms with Crippen LogP contribution < -0.4 is 19.5 Å². The van der Waals surface area contributed by atoms with E-state index in [1.165, 1.54) is 6.07 Å². The quantitative estimate of drug-likeness (QED) is 0.395. The molecule has 0 radical (unpaired) electrons. The summed E-state index contributed by atoms with van der Waals surface area (Å²) in [5, 5.41) is 13.0. The number of aliphatic hydroxyl groups is 1. The summed E-state index contributed by atoms with van der Waals surface area (Å²) < 4.78 is 43.9. The third-order valence-corrected chi connectivity index (χ3v) is 8.10. The Morgan fingerprint density at radius 1 is 1.16 bits per heavy atom. The van der Waals surface area contributed by atoms with Gasteiger partial charge in [-0.05, 0) is 75.6 Å². The molecule has 2 aromatic carbocycles. The molecule has 244 valence electrons. The first kappa shape index (κ1) is 34.9. The first-order valence-electron chi connectivity index (χ1n) is 14.8. The van der Waals surface area contributed by atoms with Gasteiger partial charge in [0.2, 0.25) is 10.0 Å². The zero-order valence-electron chi connectivity index (χ0n) is 26.4. The Hall–Kier alpha value is -3.55. The number of aliphatic hydroxyl groups excluding tert-OH is 1. The number of carbonyl (C=O) groups excluding carboxylic acids is 2. The number of ether oxygens (including phenoxy) is 3. The predicted molar refractivity (Wildman–Crippen MR) is 170 cm³/mol. The van der Waals surface area contributed by atoms with Gasteiger partial charge in [0.1, 0.15) is 11.5 Å². The number of anilines is 2. The normalized spacial score (nSPS) is 20.8. The van der Waals surface area contributed by atoms with Crippen LogP contribution in [0.25, 0.3) is 0 Å². The van der Waals surface area contributed by atoms with Crippen LogP contribution in [0.2, 0.25) is 0 Å². The first-order valence-corrected chi connectivity index (χ1v) is 16.7. The minimum Gasteiger partial charge on any atom is -0.497 e. The fourth-order valence-corrected chi connectivity index (χ4v) is 5.46. The zero-order chi connectivity index (χ0) is 32.4. The van der Waals surface area contributed by atoms with Crippen LogP contribution in [0.5, 0.6) is 11.5 Å². The van der Waals surface area contributed by atoms with E-state index in [1.807, 2.05) is 13.8 Å². The number of nitrogens with zero attached hydrogens (tertiary/aromatic N) is 2. The highest BCUT2D eigenvalue weighted by Gasteiger charge is 2.31. The molecule has 0 spiro atoms. The van der Waals surface area contributed by atoms with E-state index in [0.29, 0.717) is 30.2 Å². The average molecular weight is 635 g/mol. The van der Waals surface area contributed by atoms with Crippen LogP contribution in [0.1, 0.15) is 50.4 Å². The molecule has 0 aliphatic carbocycles. The van der Waals surface area contributed by atoms with Crippen molar-refractivity contribution in [3.63, 3.8) is 0 Å². The Morgan fingerprint density at radius 3 is 2.48 bits per heavy atom. The molecule has 2 aromatic rings. The number of urea groups is 1. The average Bonchev–Trinajstić information content (AvgIpc) is 2.98. The maximum Gasteiger partial charge on any atom is 0.321 e. The van der Waals surface area contributed by atoms with Crippen LogP contribution in [0.4, 0.5) is 16.2 Å². The Bertz CT molecular complexity index is 1350. The molecule has 1 heterocycles. The van der Waals surface area contributed by atoms with Crippen molar-refractivity contribution in [1.82, 2.24) is 9.80 Å². The van der Waals surface area contributed by atoms with Gasteiger partial charge in [-0.1, -0.05) is 6.92 Å². The van der Waals surface area contributed by atoms with Crippen molar-refractivity contribution in [2.75, 3.05) is 56.8 Å². The summed E-state index contributed by atoms with van der Waals surface area (Å²) in [4.78, 5) is 30.2. The maximum absolute atomic E-state index is 14.1. The molecule has 3 amide bonds. The summed E-state index contributed by atoms with van der Waals surface area (Å²) in [6.07, 6.45) is 2.71. The van der Waals surface area contributed by atoms with Crippen LogP contribution in [-0.4, -0.2) is 100 Å². The van der Waals surface area contributed by atoms with Gasteiger partial charge in [-0.25, -0.2) is 13.2 Å². The molecule has 13 heteroatoms. The van der Waals surface area contributed by atoms with Gasteiger partial charge in [0.25, 0.3) is 5.91 Å². The molecule has 4 atom stereocenters. The number of likely N-dealkylation sites (N-methyl/N-ethyl adjacent to an activating group) is 1. The second kappa shape index (κ2) is 16.0. The lowest BCUT2D eigenvalue weighted by Gasteiger charge is -2.35. The molecule has 1 aliphatic heterocycles. The van der Waals surface area contributed by atoms with E-state index >= 15 is 0 Å². The monoisotopic (exact) mass is 634 g/mol. The van der Waals surface area contributed by atoms with Crippen molar-refractivity contribution in [2.45, 2.75) is 58.3 Å². The minimum atomic E-state index is -3.59. The van der Waals surface area contributed by atoms with Crippen LogP contribution in [0, 0.1) is 5.92 Å². The van der Waals surface area contributed by atoms with E-state index in [2.05, 4.69) is 10.0 Å². The fraction of sp³-hybridized carbons (Fsp3) is 0.548. The Balaban J connectivity index is 1.88. The fourth-order valence-electron chi connectivity index (χ4n) is 4.91. The molecule has 12 nitrogen and oxygen atoms in total. The number of rotatable bonds is 8. The summed E-state index contributed by atoms with van der Waals surface area (Å²) in [6, 6.07) is 10.8. The minimum absolute atomic E-state index is 0.184. The van der Waals surface area contributed by atoms with Gasteiger partial charge in [-0.2, -0.15) is 0 Å². The van der Waals surface area contributed by atoms with Crippen LogP contribution >= 0.6 is 0 Å². The van der Waals surface area contributed by atoms with E-state index in [1.54, 1.807) is 67.3 Å². The van der Waals surface area contributed by atoms with Gasteiger partial charge in [-0.3, -0.25) is 9.52 Å². The SMILES string of the molecule is COc1ccc(NC(=O)N(C)C[C@H]2OCCCC[C@H](C)Oc3ccc(NS(C)(=O)=O)cc3C(=O)N([C@@H](C)CO)C[C@@H]2C)cc1. The highest BCUT2D eigenvalue weighted by atomic mass is 32.2. The molecule has 3 rings (SSSR count). The van der Waals surface area contributed by atoms with Gasteiger partial charge in [-0.15, -0.1) is 0 Å². The summed E-state index contributed by atoms with van der Waals surface area (Å²) in [6.45, 7) is 6.24. The second-order valence-electron chi connectivity index (χ2n) is 11.4. The summed E-state index contributed by atoms with van der Waals surface area (Å²) >= 11 is 0. The molecule has 3 N–H and O–H groups in total. The lowest BCUT2D eigenvalue weighted by molar-refractivity contribution is -0.0115. The molecular formula is C31H46N4O8S. The van der Waals surface area contributed by atoms with E-state index in [9.17, 15) is 23.1 Å². The third-order valence-electron chi connectivity index (χ3n) is 7.50. The molecule has 0 bridgehead atoms. The number of amides is 3. The molecule has 1 aliphatic rings.